The van der Waals surface area contributed by atoms with Gasteiger partial charge in [-0.15, -0.1) is 11.3 Å². The van der Waals surface area contributed by atoms with Gasteiger partial charge in [-0.2, -0.15) is 0 Å². The number of amides is 1. The maximum absolute atomic E-state index is 12.5. The second-order valence-electron chi connectivity index (χ2n) is 6.10. The zero-order chi connectivity index (χ0) is 19.9. The summed E-state index contributed by atoms with van der Waals surface area (Å²) in [5.74, 6) is 0.682. The summed E-state index contributed by atoms with van der Waals surface area (Å²) in [5.41, 5.74) is 2.61. The SMILES string of the molecule is O=C(Cc1csc(-c2cccnc2)n1)Nc1ncccc1OCc1ccncc1. The highest BCUT2D eigenvalue weighted by Crippen LogP contribution is 2.24. The van der Waals surface area contributed by atoms with Crippen molar-refractivity contribution in [3.05, 3.63) is 84.0 Å². The van der Waals surface area contributed by atoms with Crippen molar-refractivity contribution in [1.82, 2.24) is 19.9 Å². The van der Waals surface area contributed by atoms with Gasteiger partial charge in [-0.05, 0) is 42.0 Å². The van der Waals surface area contributed by atoms with Gasteiger partial charge >= 0.3 is 0 Å². The fourth-order valence-corrected chi connectivity index (χ4v) is 3.40. The molecule has 0 radical (unpaired) electrons. The van der Waals surface area contributed by atoms with E-state index in [0.29, 0.717) is 23.9 Å². The predicted octanol–water partition coefficient (Wildman–Crippen LogP) is 3.76. The van der Waals surface area contributed by atoms with E-state index < -0.39 is 0 Å². The van der Waals surface area contributed by atoms with E-state index in [2.05, 4.69) is 25.3 Å². The summed E-state index contributed by atoms with van der Waals surface area (Å²) in [5, 5.41) is 5.52. The van der Waals surface area contributed by atoms with Crippen molar-refractivity contribution < 1.29 is 9.53 Å². The molecule has 0 aliphatic carbocycles. The van der Waals surface area contributed by atoms with Crippen molar-refractivity contribution in [3.8, 4) is 16.3 Å². The van der Waals surface area contributed by atoms with Crippen LogP contribution >= 0.6 is 11.3 Å². The van der Waals surface area contributed by atoms with E-state index in [-0.39, 0.29) is 12.3 Å². The number of carbonyl (C=O) groups is 1. The molecule has 4 aromatic rings. The second kappa shape index (κ2) is 9.03. The lowest BCUT2D eigenvalue weighted by Gasteiger charge is -2.11. The van der Waals surface area contributed by atoms with E-state index >= 15 is 0 Å². The molecule has 0 saturated carbocycles. The van der Waals surface area contributed by atoms with Gasteiger partial charge in [-0.1, -0.05) is 0 Å². The smallest absolute Gasteiger partial charge is 0.231 e. The molecule has 0 saturated heterocycles. The van der Waals surface area contributed by atoms with Gasteiger partial charge in [-0.25, -0.2) is 9.97 Å². The minimum absolute atomic E-state index is 0.150. The summed E-state index contributed by atoms with van der Waals surface area (Å²) < 4.78 is 5.81. The van der Waals surface area contributed by atoms with Crippen LogP contribution in [-0.4, -0.2) is 25.8 Å². The van der Waals surface area contributed by atoms with Gasteiger partial charge in [0.15, 0.2) is 11.6 Å². The van der Waals surface area contributed by atoms with Crippen LogP contribution in [0.3, 0.4) is 0 Å². The zero-order valence-electron chi connectivity index (χ0n) is 15.4. The molecular formula is C21H17N5O2S. The molecule has 1 N–H and O–H groups in total. The van der Waals surface area contributed by atoms with Crippen LogP contribution in [0, 0.1) is 0 Å². The molecule has 0 aromatic carbocycles. The minimum atomic E-state index is -0.208. The molecule has 8 heteroatoms. The van der Waals surface area contributed by atoms with E-state index in [9.17, 15) is 4.79 Å². The molecule has 0 atom stereocenters. The van der Waals surface area contributed by atoms with Gasteiger partial charge in [0.25, 0.3) is 0 Å². The first-order valence-corrected chi connectivity index (χ1v) is 9.77. The van der Waals surface area contributed by atoms with Crippen molar-refractivity contribution in [2.75, 3.05) is 5.32 Å². The molecule has 7 nitrogen and oxygen atoms in total. The lowest BCUT2D eigenvalue weighted by atomic mass is 10.3. The van der Waals surface area contributed by atoms with E-state index in [1.54, 1.807) is 43.1 Å². The highest BCUT2D eigenvalue weighted by atomic mass is 32.1. The van der Waals surface area contributed by atoms with Crippen LogP contribution < -0.4 is 10.1 Å². The largest absolute Gasteiger partial charge is 0.485 e. The van der Waals surface area contributed by atoms with Crippen LogP contribution in [0.2, 0.25) is 0 Å². The van der Waals surface area contributed by atoms with Crippen LogP contribution in [0.25, 0.3) is 10.6 Å². The predicted molar refractivity (Wildman–Crippen MR) is 110 cm³/mol. The zero-order valence-corrected chi connectivity index (χ0v) is 16.2. The fraction of sp³-hybridized carbons (Fsp3) is 0.0952. The molecule has 0 aliphatic heterocycles. The molecule has 0 bridgehead atoms. The number of aromatic nitrogens is 4. The minimum Gasteiger partial charge on any atom is -0.485 e. The van der Waals surface area contributed by atoms with Gasteiger partial charge in [0.1, 0.15) is 11.6 Å². The Balaban J connectivity index is 1.39. The van der Waals surface area contributed by atoms with Crippen molar-refractivity contribution in [2.24, 2.45) is 0 Å². The number of nitrogens with zero attached hydrogens (tertiary/aromatic N) is 4. The fourth-order valence-electron chi connectivity index (χ4n) is 2.59. The maximum Gasteiger partial charge on any atom is 0.231 e. The molecule has 29 heavy (non-hydrogen) atoms. The Kier molecular flexibility index (Phi) is 5.82. The van der Waals surface area contributed by atoms with Crippen molar-refractivity contribution in [1.29, 1.82) is 0 Å². The molecule has 0 unspecified atom stereocenters. The normalized spacial score (nSPS) is 10.5. The molecule has 0 spiro atoms. The van der Waals surface area contributed by atoms with Gasteiger partial charge in [-0.3, -0.25) is 14.8 Å². The standard InChI is InChI=1S/C21H17N5O2S/c27-19(11-17-14-29-21(25-17)16-3-1-7-23-12-16)26-20-18(4-2-8-24-20)28-13-15-5-9-22-10-6-15/h1-10,12,14H,11,13H2,(H,24,26,27). The number of pyridine rings is 3. The van der Waals surface area contributed by atoms with Crippen LogP contribution in [0.15, 0.2) is 72.8 Å². The van der Waals surface area contributed by atoms with Crippen LogP contribution in [0.5, 0.6) is 5.75 Å². The molecule has 4 aromatic heterocycles. The number of hydrogen-bond acceptors (Lipinski definition) is 7. The third kappa shape index (κ3) is 4.99. The lowest BCUT2D eigenvalue weighted by molar-refractivity contribution is -0.115. The van der Waals surface area contributed by atoms with Crippen molar-refractivity contribution in [3.63, 3.8) is 0 Å². The van der Waals surface area contributed by atoms with Gasteiger partial charge in [0, 0.05) is 41.9 Å². The summed E-state index contributed by atoms with van der Waals surface area (Å²) in [6.07, 6.45) is 8.64. The highest BCUT2D eigenvalue weighted by Gasteiger charge is 2.13. The molecule has 4 heterocycles. The van der Waals surface area contributed by atoms with Crippen LogP contribution in [0.1, 0.15) is 11.3 Å². The third-order valence-corrected chi connectivity index (χ3v) is 4.91. The number of hydrogen-bond donors (Lipinski definition) is 1. The molecule has 4 rings (SSSR count). The van der Waals surface area contributed by atoms with Crippen molar-refractivity contribution >= 4 is 23.1 Å². The number of anilines is 1. The first kappa shape index (κ1) is 18.7. The number of nitrogens with one attached hydrogen (secondary N) is 1. The Morgan fingerprint density at radius 2 is 1.90 bits per heavy atom. The average Bonchev–Trinajstić information content (AvgIpc) is 3.23. The summed E-state index contributed by atoms with van der Waals surface area (Å²) in [7, 11) is 0. The Labute approximate surface area is 171 Å². The first-order chi connectivity index (χ1) is 14.3. The molecular weight excluding hydrogens is 386 g/mol. The summed E-state index contributed by atoms with van der Waals surface area (Å²) in [4.78, 5) is 29.3. The second-order valence-corrected chi connectivity index (χ2v) is 6.96. The van der Waals surface area contributed by atoms with Crippen LogP contribution in [-0.2, 0) is 17.8 Å². The Morgan fingerprint density at radius 3 is 2.72 bits per heavy atom. The molecule has 0 fully saturated rings. The quantitative estimate of drug-likeness (QED) is 0.505. The molecule has 144 valence electrons. The molecule has 1 amide bonds. The van der Waals surface area contributed by atoms with E-state index in [0.717, 1.165) is 16.1 Å². The summed E-state index contributed by atoms with van der Waals surface area (Å²) in [6, 6.07) is 11.1. The maximum atomic E-state index is 12.5. The highest BCUT2D eigenvalue weighted by molar-refractivity contribution is 7.13. The average molecular weight is 403 g/mol. The van der Waals surface area contributed by atoms with E-state index in [1.807, 2.05) is 29.6 Å². The lowest BCUT2D eigenvalue weighted by Crippen LogP contribution is -2.16. The van der Waals surface area contributed by atoms with Crippen LogP contribution in [0.4, 0.5) is 5.82 Å². The molecule has 0 aliphatic rings. The summed E-state index contributed by atoms with van der Waals surface area (Å²) >= 11 is 1.48. The van der Waals surface area contributed by atoms with Crippen molar-refractivity contribution in [2.45, 2.75) is 13.0 Å². The number of carbonyl (C=O) groups excluding carboxylic acids is 1. The number of rotatable bonds is 7. The van der Waals surface area contributed by atoms with Gasteiger partial charge in [0.2, 0.25) is 5.91 Å². The van der Waals surface area contributed by atoms with E-state index in [1.165, 1.54) is 11.3 Å². The first-order valence-electron chi connectivity index (χ1n) is 8.89. The van der Waals surface area contributed by atoms with E-state index in [4.69, 9.17) is 4.74 Å². The van der Waals surface area contributed by atoms with Gasteiger partial charge in [0.05, 0.1) is 12.1 Å². The Morgan fingerprint density at radius 1 is 1.03 bits per heavy atom. The summed E-state index contributed by atoms with van der Waals surface area (Å²) in [6.45, 7) is 0.359. The van der Waals surface area contributed by atoms with Gasteiger partial charge < -0.3 is 10.1 Å². The number of thiazole rings is 1. The third-order valence-electron chi connectivity index (χ3n) is 3.97. The Bertz CT molecular complexity index is 1090. The number of ether oxygens (including phenoxy) is 1. The topological polar surface area (TPSA) is 89.9 Å². The Hall–Kier alpha value is -3.65. The monoisotopic (exact) mass is 403 g/mol.